The van der Waals surface area contributed by atoms with Crippen molar-refractivity contribution in [3.05, 3.63) is 16.1 Å². The molecule has 1 aromatic rings. The normalized spacial score (nSPS) is 20.2. The lowest BCUT2D eigenvalue weighted by molar-refractivity contribution is -0.0325. The van der Waals surface area contributed by atoms with Gasteiger partial charge in [0.2, 0.25) is 0 Å². The summed E-state index contributed by atoms with van der Waals surface area (Å²) in [5.41, 5.74) is 1.11. The lowest BCUT2D eigenvalue weighted by Crippen LogP contribution is -2.24. The summed E-state index contributed by atoms with van der Waals surface area (Å²) in [4.78, 5) is 4.73. The zero-order chi connectivity index (χ0) is 10.9. The molecule has 1 aliphatic carbocycles. The van der Waals surface area contributed by atoms with E-state index in [4.69, 9.17) is 9.72 Å². The highest BCUT2D eigenvalue weighted by molar-refractivity contribution is 7.09. The molecule has 1 aromatic heterocycles. The van der Waals surface area contributed by atoms with Crippen molar-refractivity contribution in [1.29, 1.82) is 0 Å². The Morgan fingerprint density at radius 3 is 2.80 bits per heavy atom. The van der Waals surface area contributed by atoms with Gasteiger partial charge in [-0.1, -0.05) is 6.92 Å². The zero-order valence-electron chi connectivity index (χ0n) is 9.75. The van der Waals surface area contributed by atoms with Gasteiger partial charge in [-0.15, -0.1) is 11.3 Å². The molecule has 3 heteroatoms. The van der Waals surface area contributed by atoms with Crippen LogP contribution in [-0.4, -0.2) is 11.6 Å². The molecular formula is C12H19NOS. The first kappa shape index (κ1) is 11.1. The van der Waals surface area contributed by atoms with Crippen LogP contribution in [0.25, 0.3) is 0 Å². The van der Waals surface area contributed by atoms with E-state index in [9.17, 15) is 0 Å². The highest BCUT2D eigenvalue weighted by atomic mass is 32.1. The summed E-state index contributed by atoms with van der Waals surface area (Å²) in [6, 6.07) is 0. The molecule has 0 bridgehead atoms. The average molecular weight is 225 g/mol. The maximum atomic E-state index is 5.83. The summed E-state index contributed by atoms with van der Waals surface area (Å²) in [6.45, 7) is 7.10. The van der Waals surface area contributed by atoms with Crippen LogP contribution in [-0.2, 0) is 10.3 Å². The van der Waals surface area contributed by atoms with Crippen molar-refractivity contribution in [1.82, 2.24) is 4.98 Å². The number of aromatic nitrogens is 1. The molecule has 2 rings (SSSR count). The molecule has 0 saturated heterocycles. The van der Waals surface area contributed by atoms with E-state index in [2.05, 4.69) is 19.2 Å². The van der Waals surface area contributed by atoms with Crippen molar-refractivity contribution >= 4 is 11.3 Å². The number of rotatable bonds is 5. The van der Waals surface area contributed by atoms with Crippen LogP contribution >= 0.6 is 11.3 Å². The number of thiazole rings is 1. The van der Waals surface area contributed by atoms with Crippen LogP contribution in [0, 0.1) is 0 Å². The molecular weight excluding hydrogens is 206 g/mol. The molecule has 1 saturated carbocycles. The van der Waals surface area contributed by atoms with E-state index in [0.29, 0.717) is 0 Å². The molecule has 1 unspecified atom stereocenters. The van der Waals surface area contributed by atoms with E-state index in [1.165, 1.54) is 18.5 Å². The van der Waals surface area contributed by atoms with Crippen molar-refractivity contribution in [3.63, 3.8) is 0 Å². The average Bonchev–Trinajstić information content (AvgIpc) is 2.96. The first-order chi connectivity index (χ1) is 7.19. The molecule has 0 aromatic carbocycles. The van der Waals surface area contributed by atoms with Gasteiger partial charge in [0.15, 0.2) is 0 Å². The second-order valence-corrected chi connectivity index (χ2v) is 5.23. The third-order valence-electron chi connectivity index (χ3n) is 3.11. The van der Waals surface area contributed by atoms with Gasteiger partial charge in [-0.05, 0) is 33.1 Å². The monoisotopic (exact) mass is 225 g/mol. The quantitative estimate of drug-likeness (QED) is 0.762. The fourth-order valence-electron chi connectivity index (χ4n) is 1.73. The van der Waals surface area contributed by atoms with Crippen LogP contribution in [0.5, 0.6) is 0 Å². The highest BCUT2D eigenvalue weighted by Crippen LogP contribution is 2.42. The van der Waals surface area contributed by atoms with E-state index < -0.39 is 0 Å². The Bertz CT molecular complexity index is 332. The second-order valence-electron chi connectivity index (χ2n) is 4.37. The molecule has 2 nitrogen and oxygen atoms in total. The van der Waals surface area contributed by atoms with E-state index in [1.54, 1.807) is 11.3 Å². The largest absolute Gasteiger partial charge is 0.368 e. The molecule has 0 radical (unpaired) electrons. The lowest BCUT2D eigenvalue weighted by Gasteiger charge is -2.25. The van der Waals surface area contributed by atoms with E-state index in [0.717, 1.165) is 24.0 Å². The summed E-state index contributed by atoms with van der Waals surface area (Å²) in [7, 11) is 0. The minimum atomic E-state index is -0.174. The van der Waals surface area contributed by atoms with Gasteiger partial charge in [-0.25, -0.2) is 4.98 Å². The van der Waals surface area contributed by atoms with Gasteiger partial charge in [0.1, 0.15) is 10.6 Å². The van der Waals surface area contributed by atoms with Crippen molar-refractivity contribution in [2.24, 2.45) is 0 Å². The van der Waals surface area contributed by atoms with Crippen LogP contribution in [0.2, 0.25) is 0 Å². The van der Waals surface area contributed by atoms with Gasteiger partial charge >= 0.3 is 0 Å². The molecule has 1 heterocycles. The molecule has 15 heavy (non-hydrogen) atoms. The van der Waals surface area contributed by atoms with Crippen molar-refractivity contribution in [2.45, 2.75) is 51.6 Å². The minimum Gasteiger partial charge on any atom is -0.368 e. The van der Waals surface area contributed by atoms with Gasteiger partial charge < -0.3 is 4.74 Å². The van der Waals surface area contributed by atoms with Crippen molar-refractivity contribution in [3.8, 4) is 0 Å². The van der Waals surface area contributed by atoms with Crippen molar-refractivity contribution < 1.29 is 4.74 Å². The smallest absolute Gasteiger partial charge is 0.125 e. The molecule has 1 fully saturated rings. The zero-order valence-corrected chi connectivity index (χ0v) is 10.6. The highest BCUT2D eigenvalue weighted by Gasteiger charge is 2.32. The third-order valence-corrected chi connectivity index (χ3v) is 4.21. The van der Waals surface area contributed by atoms with E-state index >= 15 is 0 Å². The fourth-order valence-corrected chi connectivity index (χ4v) is 2.82. The van der Waals surface area contributed by atoms with Gasteiger partial charge in [0.25, 0.3) is 0 Å². The molecule has 1 aliphatic rings. The van der Waals surface area contributed by atoms with Gasteiger partial charge in [0.05, 0.1) is 5.69 Å². The van der Waals surface area contributed by atoms with Crippen LogP contribution in [0.3, 0.4) is 0 Å². The maximum Gasteiger partial charge on any atom is 0.125 e. The van der Waals surface area contributed by atoms with Gasteiger partial charge in [-0.3, -0.25) is 0 Å². The van der Waals surface area contributed by atoms with E-state index in [1.807, 2.05) is 6.92 Å². The molecule has 0 aliphatic heterocycles. The number of hydrogen-bond acceptors (Lipinski definition) is 3. The van der Waals surface area contributed by atoms with Crippen LogP contribution in [0.4, 0.5) is 0 Å². The summed E-state index contributed by atoms with van der Waals surface area (Å²) < 4.78 is 5.83. The summed E-state index contributed by atoms with van der Waals surface area (Å²) in [6.07, 6.45) is 3.62. The predicted octanol–water partition coefficient (Wildman–Crippen LogP) is 3.68. The number of hydrogen-bond donors (Lipinski definition) is 0. The molecule has 1 atom stereocenters. The number of nitrogens with zero attached hydrogens (tertiary/aromatic N) is 1. The summed E-state index contributed by atoms with van der Waals surface area (Å²) in [5, 5.41) is 3.36. The van der Waals surface area contributed by atoms with Gasteiger partial charge in [-0.2, -0.15) is 0 Å². The Morgan fingerprint density at radius 2 is 2.27 bits per heavy atom. The molecule has 0 amide bonds. The molecule has 84 valence electrons. The first-order valence-corrected chi connectivity index (χ1v) is 6.67. The van der Waals surface area contributed by atoms with Crippen LogP contribution < -0.4 is 0 Å². The second kappa shape index (κ2) is 4.22. The third kappa shape index (κ3) is 2.23. The SMILES string of the molecule is CCOC(C)(CC)c1nc(C2CC2)cs1. The van der Waals surface area contributed by atoms with Crippen LogP contribution in [0.1, 0.15) is 56.7 Å². The Kier molecular flexibility index (Phi) is 3.12. The summed E-state index contributed by atoms with van der Waals surface area (Å²) in [5.74, 6) is 0.748. The van der Waals surface area contributed by atoms with Crippen molar-refractivity contribution in [2.75, 3.05) is 6.61 Å². The minimum absolute atomic E-state index is 0.174. The standard InChI is InChI=1S/C12H19NOS/c1-4-12(3,14-5-2)11-13-10(8-15-11)9-6-7-9/h8-9H,4-7H2,1-3H3. The fraction of sp³-hybridized carbons (Fsp3) is 0.750. The predicted molar refractivity (Wildman–Crippen MR) is 63.4 cm³/mol. The van der Waals surface area contributed by atoms with E-state index in [-0.39, 0.29) is 5.60 Å². The summed E-state index contributed by atoms with van der Waals surface area (Å²) >= 11 is 1.75. The molecule has 0 spiro atoms. The number of ether oxygens (including phenoxy) is 1. The Hall–Kier alpha value is -0.410. The Morgan fingerprint density at radius 1 is 1.53 bits per heavy atom. The Balaban J connectivity index is 2.17. The van der Waals surface area contributed by atoms with Crippen LogP contribution in [0.15, 0.2) is 5.38 Å². The molecule has 0 N–H and O–H groups in total. The maximum absolute atomic E-state index is 5.83. The van der Waals surface area contributed by atoms with Gasteiger partial charge in [0, 0.05) is 17.9 Å². The first-order valence-electron chi connectivity index (χ1n) is 5.79. The lowest BCUT2D eigenvalue weighted by atomic mass is 10.0. The topological polar surface area (TPSA) is 22.1 Å². The Labute approximate surface area is 95.7 Å².